The zero-order valence-electron chi connectivity index (χ0n) is 18.8. The van der Waals surface area contributed by atoms with E-state index in [0.29, 0.717) is 28.9 Å². The predicted molar refractivity (Wildman–Crippen MR) is 124 cm³/mol. The zero-order valence-corrected chi connectivity index (χ0v) is 19.6. The van der Waals surface area contributed by atoms with E-state index in [1.165, 1.54) is 24.3 Å². The number of alkyl halides is 3. The van der Waals surface area contributed by atoms with Gasteiger partial charge in [0.2, 0.25) is 0 Å². The van der Waals surface area contributed by atoms with E-state index in [-0.39, 0.29) is 10.9 Å². The molecule has 4 rings (SSSR count). The summed E-state index contributed by atoms with van der Waals surface area (Å²) in [4.78, 5) is 1.67. The number of sulfonamides is 1. The molecule has 1 aliphatic rings. The lowest BCUT2D eigenvalue weighted by atomic mass is 9.72. The molecule has 3 aromatic rings. The van der Waals surface area contributed by atoms with Gasteiger partial charge in [0, 0.05) is 12.7 Å². The highest BCUT2D eigenvalue weighted by Gasteiger charge is 2.40. The first kappa shape index (κ1) is 24.1. The largest absolute Gasteiger partial charge is 0.416 e. The van der Waals surface area contributed by atoms with Crippen molar-refractivity contribution in [3.63, 3.8) is 0 Å². The van der Waals surface area contributed by atoms with E-state index >= 15 is 0 Å². The number of nitrogens with one attached hydrogen (secondary N) is 1. The summed E-state index contributed by atoms with van der Waals surface area (Å²) in [6.45, 7) is 3.76. The molecule has 1 heterocycles. The molecule has 1 atom stereocenters. The molecule has 0 aromatic heterocycles. The molecule has 0 spiro atoms. The van der Waals surface area contributed by atoms with E-state index < -0.39 is 33.0 Å². The second-order valence-corrected chi connectivity index (χ2v) is 10.8. The van der Waals surface area contributed by atoms with Crippen molar-refractivity contribution in [2.45, 2.75) is 42.8 Å². The summed E-state index contributed by atoms with van der Waals surface area (Å²) in [5.41, 5.74) is 0.922. The first-order valence-corrected chi connectivity index (χ1v) is 12.1. The van der Waals surface area contributed by atoms with Crippen molar-refractivity contribution in [2.24, 2.45) is 0 Å². The molecule has 3 aromatic carbocycles. The van der Waals surface area contributed by atoms with Crippen LogP contribution in [0.4, 0.5) is 28.9 Å². The summed E-state index contributed by atoms with van der Waals surface area (Å²) in [7, 11) is -2.28. The molecule has 180 valence electrons. The van der Waals surface area contributed by atoms with Gasteiger partial charge >= 0.3 is 6.18 Å². The molecule has 0 radical (unpaired) electrons. The van der Waals surface area contributed by atoms with Gasteiger partial charge in [-0.1, -0.05) is 38.1 Å². The van der Waals surface area contributed by atoms with Crippen LogP contribution >= 0.6 is 0 Å². The van der Waals surface area contributed by atoms with Crippen LogP contribution in [-0.4, -0.2) is 15.5 Å². The number of hydrogen-bond donors (Lipinski definition) is 1. The smallest absolute Gasteiger partial charge is 0.367 e. The van der Waals surface area contributed by atoms with Crippen molar-refractivity contribution < 1.29 is 26.0 Å². The topological polar surface area (TPSA) is 49.4 Å². The van der Waals surface area contributed by atoms with Crippen LogP contribution in [0.25, 0.3) is 0 Å². The maximum Gasteiger partial charge on any atom is 0.416 e. The Morgan fingerprint density at radius 1 is 1.00 bits per heavy atom. The number of para-hydroxylation sites is 1. The van der Waals surface area contributed by atoms with E-state index in [0.717, 1.165) is 18.2 Å². The highest BCUT2D eigenvalue weighted by atomic mass is 32.2. The van der Waals surface area contributed by atoms with Crippen molar-refractivity contribution >= 4 is 21.4 Å². The van der Waals surface area contributed by atoms with E-state index in [1.54, 1.807) is 31.3 Å². The van der Waals surface area contributed by atoms with Crippen LogP contribution in [0.1, 0.15) is 43.0 Å². The lowest BCUT2D eigenvalue weighted by molar-refractivity contribution is -0.137. The lowest BCUT2D eigenvalue weighted by Crippen LogP contribution is -2.38. The van der Waals surface area contributed by atoms with E-state index in [1.807, 2.05) is 18.7 Å². The first-order valence-electron chi connectivity index (χ1n) is 10.6. The number of fused-ring (bicyclic) bond motifs is 1. The molecule has 0 saturated carbocycles. The van der Waals surface area contributed by atoms with Gasteiger partial charge in [-0.25, -0.2) is 12.8 Å². The minimum absolute atomic E-state index is 0.204. The number of halogens is 4. The summed E-state index contributed by atoms with van der Waals surface area (Å²) >= 11 is 0. The Labute approximate surface area is 196 Å². The quantitative estimate of drug-likeness (QED) is 0.423. The van der Waals surface area contributed by atoms with Crippen LogP contribution in [0.5, 0.6) is 0 Å². The monoisotopic (exact) mass is 492 g/mol. The molecular weight excluding hydrogens is 468 g/mol. The second kappa shape index (κ2) is 8.30. The zero-order chi connectivity index (χ0) is 24.9. The number of hydrogen-bond acceptors (Lipinski definition) is 3. The molecule has 0 saturated heterocycles. The van der Waals surface area contributed by atoms with Crippen molar-refractivity contribution in [3.8, 4) is 0 Å². The molecule has 0 fully saturated rings. The minimum atomic E-state index is -4.44. The molecule has 4 nitrogen and oxygen atoms in total. The fourth-order valence-corrected chi connectivity index (χ4v) is 5.62. The summed E-state index contributed by atoms with van der Waals surface area (Å²) < 4.78 is 82.0. The van der Waals surface area contributed by atoms with E-state index in [4.69, 9.17) is 0 Å². The number of nitrogens with zero attached hydrogens (tertiary/aromatic N) is 1. The van der Waals surface area contributed by atoms with Gasteiger partial charge in [-0.3, -0.25) is 4.72 Å². The van der Waals surface area contributed by atoms with E-state index in [2.05, 4.69) is 4.72 Å². The Hall–Kier alpha value is -3.07. The molecule has 1 aliphatic heterocycles. The SMILES string of the molecule is CN1c2ccc(C(F)(F)F)cc2C(C)(C)CC1c1ccccc1NS(=O)(=O)c1cccc(F)c1. The molecule has 0 aliphatic carbocycles. The van der Waals surface area contributed by atoms with Gasteiger partial charge in [0.05, 0.1) is 22.2 Å². The maximum atomic E-state index is 13.6. The Morgan fingerprint density at radius 3 is 2.38 bits per heavy atom. The second-order valence-electron chi connectivity index (χ2n) is 9.09. The third-order valence-corrected chi connectivity index (χ3v) is 7.64. The van der Waals surface area contributed by atoms with Crippen molar-refractivity contribution in [1.82, 2.24) is 0 Å². The Balaban J connectivity index is 1.74. The standard InChI is InChI=1S/C25H24F4N2O2S/c1-24(2)15-23(31(3)22-12-11-16(13-20(22)24)25(27,28)29)19-9-4-5-10-21(19)30-34(32,33)18-8-6-7-17(26)14-18/h4-14,23,30H,15H2,1-3H3. The molecule has 0 amide bonds. The van der Waals surface area contributed by atoms with Crippen molar-refractivity contribution in [3.05, 3.63) is 89.2 Å². The van der Waals surface area contributed by atoms with Crippen LogP contribution in [0.15, 0.2) is 71.6 Å². The summed E-state index contributed by atoms with van der Waals surface area (Å²) in [5.74, 6) is -0.667. The number of anilines is 2. The minimum Gasteiger partial charge on any atom is -0.367 e. The van der Waals surface area contributed by atoms with Crippen molar-refractivity contribution in [1.29, 1.82) is 0 Å². The average Bonchev–Trinajstić information content (AvgIpc) is 2.76. The summed E-state index contributed by atoms with van der Waals surface area (Å²) in [6, 6.07) is 15.0. The van der Waals surface area contributed by atoms with Gasteiger partial charge in [0.1, 0.15) is 5.82 Å². The van der Waals surface area contributed by atoms with Gasteiger partial charge < -0.3 is 4.90 Å². The van der Waals surface area contributed by atoms with Crippen LogP contribution in [0, 0.1) is 5.82 Å². The normalized spacial score (nSPS) is 17.9. The maximum absolute atomic E-state index is 13.6. The van der Waals surface area contributed by atoms with Crippen LogP contribution in [0.2, 0.25) is 0 Å². The van der Waals surface area contributed by atoms with Gasteiger partial charge in [-0.15, -0.1) is 0 Å². The van der Waals surface area contributed by atoms with Crippen LogP contribution in [-0.2, 0) is 21.6 Å². The number of benzene rings is 3. The molecule has 0 bridgehead atoms. The molecule has 34 heavy (non-hydrogen) atoms. The summed E-state index contributed by atoms with van der Waals surface area (Å²) in [6.07, 6.45) is -3.99. The fourth-order valence-electron chi connectivity index (χ4n) is 4.50. The van der Waals surface area contributed by atoms with E-state index in [9.17, 15) is 26.0 Å². The van der Waals surface area contributed by atoms with Crippen LogP contribution in [0.3, 0.4) is 0 Å². The number of rotatable bonds is 4. The van der Waals surface area contributed by atoms with Gasteiger partial charge in [0.25, 0.3) is 10.0 Å². The Kier molecular flexibility index (Phi) is 5.88. The predicted octanol–water partition coefficient (Wildman–Crippen LogP) is 6.50. The van der Waals surface area contributed by atoms with Gasteiger partial charge in [-0.05, 0) is 65.4 Å². The molecule has 9 heteroatoms. The fraction of sp³-hybridized carbons (Fsp3) is 0.280. The third-order valence-electron chi connectivity index (χ3n) is 6.27. The summed E-state index contributed by atoms with van der Waals surface area (Å²) in [5, 5.41) is 0. The lowest BCUT2D eigenvalue weighted by Gasteiger charge is -2.45. The molecule has 1 N–H and O–H groups in total. The third kappa shape index (κ3) is 4.49. The highest BCUT2D eigenvalue weighted by Crippen LogP contribution is 2.49. The average molecular weight is 493 g/mol. The van der Waals surface area contributed by atoms with Crippen LogP contribution < -0.4 is 9.62 Å². The van der Waals surface area contributed by atoms with Gasteiger partial charge in [-0.2, -0.15) is 13.2 Å². The van der Waals surface area contributed by atoms with Crippen molar-refractivity contribution in [2.75, 3.05) is 16.7 Å². The van der Waals surface area contributed by atoms with Gasteiger partial charge in [0.15, 0.2) is 0 Å². The molecular formula is C25H24F4N2O2S. The molecule has 1 unspecified atom stereocenters. The first-order chi connectivity index (χ1) is 15.8. The Bertz CT molecular complexity index is 1340. The Morgan fingerprint density at radius 2 is 1.71 bits per heavy atom. The highest BCUT2D eigenvalue weighted by molar-refractivity contribution is 7.92.